The van der Waals surface area contributed by atoms with E-state index in [1.807, 2.05) is 17.8 Å². The van der Waals surface area contributed by atoms with Crippen LogP contribution in [0.5, 0.6) is 0 Å². The van der Waals surface area contributed by atoms with Gasteiger partial charge in [-0.3, -0.25) is 0 Å². The van der Waals surface area contributed by atoms with E-state index in [0.29, 0.717) is 6.04 Å². The summed E-state index contributed by atoms with van der Waals surface area (Å²) < 4.78 is 0. The third-order valence-electron chi connectivity index (χ3n) is 2.15. The Hall–Kier alpha value is 0.0500. The molecule has 1 fully saturated rings. The maximum atomic E-state index is 6.00. The van der Waals surface area contributed by atoms with Crippen LogP contribution in [-0.2, 0) is 0 Å². The summed E-state index contributed by atoms with van der Waals surface area (Å²) in [6.07, 6.45) is 6.82. The van der Waals surface area contributed by atoms with Crippen molar-refractivity contribution in [2.45, 2.75) is 37.0 Å². The summed E-state index contributed by atoms with van der Waals surface area (Å²) in [5, 5.41) is 0.731. The van der Waals surface area contributed by atoms with Gasteiger partial charge in [0.2, 0.25) is 0 Å². The van der Waals surface area contributed by atoms with Crippen molar-refractivity contribution in [3.05, 3.63) is 12.7 Å². The standard InChI is InChI=1S/C9H17NS/c1-2-3-5-8(10)9-6-4-7-11-9/h2,8-9H,1,3-7,10H2. The lowest BCUT2D eigenvalue weighted by molar-refractivity contribution is 0.575. The van der Waals surface area contributed by atoms with Gasteiger partial charge in [0.25, 0.3) is 0 Å². The van der Waals surface area contributed by atoms with Crippen molar-refractivity contribution in [2.24, 2.45) is 5.73 Å². The van der Waals surface area contributed by atoms with Gasteiger partial charge in [0, 0.05) is 11.3 Å². The zero-order valence-corrected chi connectivity index (χ0v) is 7.78. The average Bonchev–Trinajstić information content (AvgIpc) is 2.52. The van der Waals surface area contributed by atoms with Crippen LogP contribution in [0.15, 0.2) is 12.7 Å². The summed E-state index contributed by atoms with van der Waals surface area (Å²) >= 11 is 2.04. The number of thioether (sulfide) groups is 1. The molecule has 0 spiro atoms. The van der Waals surface area contributed by atoms with Gasteiger partial charge in [-0.2, -0.15) is 11.8 Å². The summed E-state index contributed by atoms with van der Waals surface area (Å²) in [5.74, 6) is 1.31. The summed E-state index contributed by atoms with van der Waals surface area (Å²) in [7, 11) is 0. The summed E-state index contributed by atoms with van der Waals surface area (Å²) in [6.45, 7) is 3.70. The molecule has 0 aromatic heterocycles. The molecular formula is C9H17NS. The predicted octanol–water partition coefficient (Wildman–Crippen LogP) is 2.18. The average molecular weight is 171 g/mol. The topological polar surface area (TPSA) is 26.0 Å². The minimum atomic E-state index is 0.403. The van der Waals surface area contributed by atoms with E-state index in [2.05, 4.69) is 6.58 Å². The van der Waals surface area contributed by atoms with Crippen molar-refractivity contribution < 1.29 is 0 Å². The van der Waals surface area contributed by atoms with Gasteiger partial charge in [0.05, 0.1) is 0 Å². The molecule has 1 heterocycles. The van der Waals surface area contributed by atoms with E-state index in [4.69, 9.17) is 5.73 Å². The minimum Gasteiger partial charge on any atom is -0.327 e. The van der Waals surface area contributed by atoms with Crippen LogP contribution in [0.4, 0.5) is 0 Å². The lowest BCUT2D eigenvalue weighted by Gasteiger charge is -2.16. The van der Waals surface area contributed by atoms with Gasteiger partial charge in [-0.1, -0.05) is 6.08 Å². The summed E-state index contributed by atoms with van der Waals surface area (Å²) in [5.41, 5.74) is 6.00. The molecule has 1 rings (SSSR count). The fraction of sp³-hybridized carbons (Fsp3) is 0.778. The van der Waals surface area contributed by atoms with Crippen molar-refractivity contribution >= 4 is 11.8 Å². The van der Waals surface area contributed by atoms with Crippen LogP contribution in [0.1, 0.15) is 25.7 Å². The predicted molar refractivity (Wildman–Crippen MR) is 52.9 cm³/mol. The first kappa shape index (κ1) is 9.14. The lowest BCUT2D eigenvalue weighted by atomic mass is 10.1. The molecule has 0 aliphatic carbocycles. The fourth-order valence-electron chi connectivity index (χ4n) is 1.44. The van der Waals surface area contributed by atoms with Gasteiger partial charge in [0.1, 0.15) is 0 Å². The highest BCUT2D eigenvalue weighted by molar-refractivity contribution is 8.00. The number of rotatable bonds is 4. The SMILES string of the molecule is C=CCCC(N)C1CCCS1. The van der Waals surface area contributed by atoms with Gasteiger partial charge in [-0.05, 0) is 31.4 Å². The second-order valence-corrected chi connectivity index (χ2v) is 4.43. The normalized spacial score (nSPS) is 26.8. The van der Waals surface area contributed by atoms with E-state index < -0.39 is 0 Å². The lowest BCUT2D eigenvalue weighted by Crippen LogP contribution is -2.30. The van der Waals surface area contributed by atoms with E-state index in [1.165, 1.54) is 18.6 Å². The second kappa shape index (κ2) is 4.83. The van der Waals surface area contributed by atoms with Crippen LogP contribution < -0.4 is 5.73 Å². The molecule has 1 nitrogen and oxygen atoms in total. The Morgan fingerprint density at radius 3 is 3.09 bits per heavy atom. The fourth-order valence-corrected chi connectivity index (χ4v) is 2.79. The molecule has 2 N–H and O–H groups in total. The monoisotopic (exact) mass is 171 g/mol. The third-order valence-corrected chi connectivity index (χ3v) is 3.68. The smallest absolute Gasteiger partial charge is 0.0199 e. The van der Waals surface area contributed by atoms with Crippen molar-refractivity contribution in [1.29, 1.82) is 0 Å². The maximum absolute atomic E-state index is 6.00. The third kappa shape index (κ3) is 2.88. The van der Waals surface area contributed by atoms with E-state index in [1.54, 1.807) is 0 Å². The number of allylic oxidation sites excluding steroid dienone is 1. The van der Waals surface area contributed by atoms with E-state index in [9.17, 15) is 0 Å². The first-order valence-corrected chi connectivity index (χ1v) is 5.37. The highest BCUT2D eigenvalue weighted by Crippen LogP contribution is 2.29. The Morgan fingerprint density at radius 1 is 1.73 bits per heavy atom. The first-order valence-electron chi connectivity index (χ1n) is 4.32. The van der Waals surface area contributed by atoms with Crippen LogP contribution in [0, 0.1) is 0 Å². The molecule has 0 aromatic rings. The molecule has 0 bridgehead atoms. The highest BCUT2D eigenvalue weighted by atomic mass is 32.2. The van der Waals surface area contributed by atoms with Gasteiger partial charge < -0.3 is 5.73 Å². The first-order chi connectivity index (χ1) is 5.34. The van der Waals surface area contributed by atoms with Crippen molar-refractivity contribution in [3.8, 4) is 0 Å². The van der Waals surface area contributed by atoms with Crippen molar-refractivity contribution in [1.82, 2.24) is 0 Å². The second-order valence-electron chi connectivity index (χ2n) is 3.08. The molecule has 64 valence electrons. The van der Waals surface area contributed by atoms with Crippen molar-refractivity contribution in [3.63, 3.8) is 0 Å². The van der Waals surface area contributed by atoms with Crippen LogP contribution >= 0.6 is 11.8 Å². The van der Waals surface area contributed by atoms with E-state index in [-0.39, 0.29) is 0 Å². The van der Waals surface area contributed by atoms with Crippen LogP contribution in [0.2, 0.25) is 0 Å². The molecule has 1 aliphatic heterocycles. The molecule has 0 amide bonds. The Morgan fingerprint density at radius 2 is 2.55 bits per heavy atom. The number of hydrogen-bond acceptors (Lipinski definition) is 2. The minimum absolute atomic E-state index is 0.403. The maximum Gasteiger partial charge on any atom is 0.0199 e. The summed E-state index contributed by atoms with van der Waals surface area (Å²) in [4.78, 5) is 0. The molecular weight excluding hydrogens is 154 g/mol. The Kier molecular flexibility index (Phi) is 4.02. The Balaban J connectivity index is 2.16. The highest BCUT2D eigenvalue weighted by Gasteiger charge is 2.21. The van der Waals surface area contributed by atoms with Gasteiger partial charge in [0.15, 0.2) is 0 Å². The molecule has 0 aromatic carbocycles. The van der Waals surface area contributed by atoms with Gasteiger partial charge in [-0.25, -0.2) is 0 Å². The molecule has 1 aliphatic rings. The van der Waals surface area contributed by atoms with E-state index >= 15 is 0 Å². The molecule has 2 atom stereocenters. The van der Waals surface area contributed by atoms with Crippen LogP contribution in [0.25, 0.3) is 0 Å². The summed E-state index contributed by atoms with van der Waals surface area (Å²) in [6, 6.07) is 0.403. The van der Waals surface area contributed by atoms with Crippen LogP contribution in [0.3, 0.4) is 0 Å². The molecule has 1 saturated heterocycles. The van der Waals surface area contributed by atoms with Crippen molar-refractivity contribution in [2.75, 3.05) is 5.75 Å². The molecule has 0 radical (unpaired) electrons. The molecule has 11 heavy (non-hydrogen) atoms. The van der Waals surface area contributed by atoms with Gasteiger partial charge in [-0.15, -0.1) is 6.58 Å². The van der Waals surface area contributed by atoms with Gasteiger partial charge >= 0.3 is 0 Å². The zero-order valence-electron chi connectivity index (χ0n) is 6.96. The number of nitrogens with two attached hydrogens (primary N) is 1. The quantitative estimate of drug-likeness (QED) is 0.656. The van der Waals surface area contributed by atoms with E-state index in [0.717, 1.165) is 18.1 Å². The largest absolute Gasteiger partial charge is 0.327 e. The molecule has 2 unspecified atom stereocenters. The zero-order chi connectivity index (χ0) is 8.10. The number of hydrogen-bond donors (Lipinski definition) is 1. The Labute approximate surface area is 73.4 Å². The Bertz CT molecular complexity index is 119. The molecule has 0 saturated carbocycles. The molecule has 2 heteroatoms. The van der Waals surface area contributed by atoms with Crippen LogP contribution in [-0.4, -0.2) is 17.0 Å².